The van der Waals surface area contributed by atoms with E-state index in [9.17, 15) is 13.2 Å². The number of sulfonamides is 1. The number of unbranched alkanes of at least 4 members (excludes halogenated alkanes) is 2. The van der Waals surface area contributed by atoms with Gasteiger partial charge in [-0.3, -0.25) is 9.69 Å². The SMILES string of the molecule is CCCCCN1C(=O)/C(=C/c2cn(-c3ccccc3)nc2-c2ccc(S(=O)(=O)N3CCCCC3)cc2)SC1=S. The first-order valence-electron chi connectivity index (χ1n) is 13.4. The zero-order valence-electron chi connectivity index (χ0n) is 22.0. The van der Waals surface area contributed by atoms with Gasteiger partial charge in [-0.15, -0.1) is 0 Å². The van der Waals surface area contributed by atoms with Gasteiger partial charge < -0.3 is 0 Å². The summed E-state index contributed by atoms with van der Waals surface area (Å²) in [7, 11) is -3.53. The van der Waals surface area contributed by atoms with Crippen molar-refractivity contribution in [3.63, 3.8) is 0 Å². The number of carbonyl (C=O) groups is 1. The van der Waals surface area contributed by atoms with Gasteiger partial charge in [0.15, 0.2) is 0 Å². The first-order chi connectivity index (χ1) is 18.9. The van der Waals surface area contributed by atoms with Crippen molar-refractivity contribution >= 4 is 50.3 Å². The smallest absolute Gasteiger partial charge is 0.266 e. The van der Waals surface area contributed by atoms with Crippen molar-refractivity contribution in [3.05, 3.63) is 71.3 Å². The van der Waals surface area contributed by atoms with Gasteiger partial charge in [0.2, 0.25) is 10.0 Å². The van der Waals surface area contributed by atoms with Crippen molar-refractivity contribution in [1.82, 2.24) is 19.0 Å². The quantitative estimate of drug-likeness (QED) is 0.173. The van der Waals surface area contributed by atoms with Crippen LogP contribution in [0.15, 0.2) is 70.6 Å². The van der Waals surface area contributed by atoms with Crippen molar-refractivity contribution in [3.8, 4) is 16.9 Å². The van der Waals surface area contributed by atoms with Crippen LogP contribution in [0, 0.1) is 0 Å². The fourth-order valence-electron chi connectivity index (χ4n) is 4.82. The number of nitrogens with zero attached hydrogens (tertiary/aromatic N) is 4. The predicted molar refractivity (Wildman–Crippen MR) is 161 cm³/mol. The van der Waals surface area contributed by atoms with Gasteiger partial charge in [0.25, 0.3) is 5.91 Å². The summed E-state index contributed by atoms with van der Waals surface area (Å²) >= 11 is 6.83. The first-order valence-corrected chi connectivity index (χ1v) is 16.1. The van der Waals surface area contributed by atoms with Crippen LogP contribution in [0.4, 0.5) is 0 Å². The second-order valence-electron chi connectivity index (χ2n) is 9.74. The van der Waals surface area contributed by atoms with E-state index in [1.54, 1.807) is 38.2 Å². The van der Waals surface area contributed by atoms with E-state index >= 15 is 0 Å². The molecule has 2 aliphatic rings. The van der Waals surface area contributed by atoms with Crippen molar-refractivity contribution < 1.29 is 13.2 Å². The standard InChI is InChI=1S/C29H32N4O3S3/c1-2-3-8-19-32-28(34)26(38-29(32)37)20-23-21-33(24-11-6-4-7-12-24)30-27(23)22-13-15-25(16-14-22)39(35,36)31-17-9-5-10-18-31/h4,6-7,11-16,20-21H,2-3,5,8-10,17-19H2,1H3/b26-20-. The van der Waals surface area contributed by atoms with Crippen molar-refractivity contribution in [1.29, 1.82) is 0 Å². The number of carbonyl (C=O) groups excluding carboxylic acids is 1. The van der Waals surface area contributed by atoms with E-state index in [-0.39, 0.29) is 10.8 Å². The number of benzene rings is 2. The van der Waals surface area contributed by atoms with E-state index in [1.807, 2.05) is 42.6 Å². The molecule has 1 aromatic heterocycles. The molecule has 0 bridgehead atoms. The lowest BCUT2D eigenvalue weighted by molar-refractivity contribution is -0.122. The van der Waals surface area contributed by atoms with Crippen LogP contribution in [0.5, 0.6) is 0 Å². The predicted octanol–water partition coefficient (Wildman–Crippen LogP) is 6.11. The molecule has 2 aliphatic heterocycles. The molecule has 0 unspecified atom stereocenters. The van der Waals surface area contributed by atoms with Gasteiger partial charge >= 0.3 is 0 Å². The second-order valence-corrected chi connectivity index (χ2v) is 13.4. The molecule has 7 nitrogen and oxygen atoms in total. The Bertz CT molecular complexity index is 1480. The topological polar surface area (TPSA) is 75.5 Å². The highest BCUT2D eigenvalue weighted by Gasteiger charge is 2.32. The molecule has 2 aromatic carbocycles. The molecule has 39 heavy (non-hydrogen) atoms. The number of thiocarbonyl (C=S) groups is 1. The molecule has 0 radical (unpaired) electrons. The highest BCUT2D eigenvalue weighted by molar-refractivity contribution is 8.26. The minimum atomic E-state index is -3.53. The lowest BCUT2D eigenvalue weighted by Gasteiger charge is -2.25. The molecule has 0 atom stereocenters. The van der Waals surface area contributed by atoms with Crippen LogP contribution in [0.1, 0.15) is 51.0 Å². The molecule has 0 saturated carbocycles. The minimum absolute atomic E-state index is 0.0810. The fourth-order valence-corrected chi connectivity index (χ4v) is 7.64. The maximum Gasteiger partial charge on any atom is 0.266 e. The summed E-state index contributed by atoms with van der Waals surface area (Å²) in [4.78, 5) is 15.7. The highest BCUT2D eigenvalue weighted by Crippen LogP contribution is 2.35. The largest absolute Gasteiger partial charge is 0.293 e. The van der Waals surface area contributed by atoms with E-state index in [4.69, 9.17) is 17.3 Å². The summed E-state index contributed by atoms with van der Waals surface area (Å²) in [5.41, 5.74) is 3.08. The van der Waals surface area contributed by atoms with E-state index in [0.717, 1.165) is 55.3 Å². The summed E-state index contributed by atoms with van der Waals surface area (Å²) in [6.07, 6.45) is 9.63. The van der Waals surface area contributed by atoms with Crippen LogP contribution in [-0.4, -0.2) is 57.3 Å². The van der Waals surface area contributed by atoms with Crippen LogP contribution in [-0.2, 0) is 14.8 Å². The second kappa shape index (κ2) is 12.2. The molecule has 1 amide bonds. The van der Waals surface area contributed by atoms with E-state index < -0.39 is 10.0 Å². The minimum Gasteiger partial charge on any atom is -0.293 e. The molecule has 3 aromatic rings. The summed E-state index contributed by atoms with van der Waals surface area (Å²) in [6.45, 7) is 3.88. The molecular weight excluding hydrogens is 549 g/mol. The normalized spacial score (nSPS) is 17.9. The number of aromatic nitrogens is 2. The summed E-state index contributed by atoms with van der Waals surface area (Å²) in [6, 6.07) is 16.6. The molecule has 0 N–H and O–H groups in total. The Balaban J connectivity index is 1.49. The molecule has 0 spiro atoms. The van der Waals surface area contributed by atoms with Crippen LogP contribution in [0.25, 0.3) is 23.0 Å². The van der Waals surface area contributed by atoms with Crippen LogP contribution >= 0.6 is 24.0 Å². The number of hydrogen-bond donors (Lipinski definition) is 0. The Morgan fingerprint density at radius 2 is 1.72 bits per heavy atom. The van der Waals surface area contributed by atoms with E-state index in [2.05, 4.69) is 6.92 Å². The summed E-state index contributed by atoms with van der Waals surface area (Å²) in [5, 5.41) is 4.84. The van der Waals surface area contributed by atoms with E-state index in [0.29, 0.717) is 34.6 Å². The zero-order chi connectivity index (χ0) is 27.4. The van der Waals surface area contributed by atoms with Gasteiger partial charge in [0.05, 0.1) is 21.2 Å². The van der Waals surface area contributed by atoms with Gasteiger partial charge in [-0.25, -0.2) is 13.1 Å². The Kier molecular flexibility index (Phi) is 8.66. The third kappa shape index (κ3) is 6.04. The fraction of sp³-hybridized carbons (Fsp3) is 0.345. The maximum atomic E-state index is 13.2. The summed E-state index contributed by atoms with van der Waals surface area (Å²) < 4.78 is 30.2. The third-order valence-corrected chi connectivity index (χ3v) is 10.3. The number of thioether (sulfide) groups is 1. The third-order valence-electron chi connectivity index (χ3n) is 6.99. The first kappa shape index (κ1) is 27.8. The van der Waals surface area contributed by atoms with Gasteiger partial charge in [0, 0.05) is 37.0 Å². The number of piperidine rings is 1. The maximum absolute atomic E-state index is 13.2. The zero-order valence-corrected chi connectivity index (χ0v) is 24.4. The average molecular weight is 581 g/mol. The van der Waals surface area contributed by atoms with Crippen molar-refractivity contribution in [2.24, 2.45) is 0 Å². The molecule has 2 fully saturated rings. The van der Waals surface area contributed by atoms with Crippen molar-refractivity contribution in [2.45, 2.75) is 50.3 Å². The Morgan fingerprint density at radius 3 is 2.41 bits per heavy atom. The molecule has 204 valence electrons. The van der Waals surface area contributed by atoms with Crippen LogP contribution in [0.2, 0.25) is 0 Å². The molecule has 2 saturated heterocycles. The molecular formula is C29H32N4O3S3. The average Bonchev–Trinajstić information content (AvgIpc) is 3.50. The monoisotopic (exact) mass is 580 g/mol. The van der Waals surface area contributed by atoms with Gasteiger partial charge in [0.1, 0.15) is 4.32 Å². The van der Waals surface area contributed by atoms with Crippen LogP contribution in [0.3, 0.4) is 0 Å². The Hall–Kier alpha value is -2.79. The van der Waals surface area contributed by atoms with Gasteiger partial charge in [-0.1, -0.05) is 80.5 Å². The summed E-state index contributed by atoms with van der Waals surface area (Å²) in [5.74, 6) is -0.0810. The van der Waals surface area contributed by atoms with Gasteiger partial charge in [-0.2, -0.15) is 9.40 Å². The molecule has 10 heteroatoms. The van der Waals surface area contributed by atoms with Crippen LogP contribution < -0.4 is 0 Å². The lowest BCUT2D eigenvalue weighted by atomic mass is 10.1. The van der Waals surface area contributed by atoms with Gasteiger partial charge in [-0.05, 0) is 49.6 Å². The molecule has 3 heterocycles. The Labute approximate surface area is 239 Å². The highest BCUT2D eigenvalue weighted by atomic mass is 32.2. The lowest BCUT2D eigenvalue weighted by Crippen LogP contribution is -2.35. The number of rotatable bonds is 9. The Morgan fingerprint density at radius 1 is 1.00 bits per heavy atom. The number of amides is 1. The van der Waals surface area contributed by atoms with Crippen molar-refractivity contribution in [2.75, 3.05) is 19.6 Å². The molecule has 5 rings (SSSR count). The number of para-hydroxylation sites is 1. The molecule has 0 aliphatic carbocycles. The van der Waals surface area contributed by atoms with E-state index in [1.165, 1.54) is 11.8 Å². The number of hydrogen-bond acceptors (Lipinski definition) is 6.